The number of carbonyl (C=O) groups is 1. The van der Waals surface area contributed by atoms with Crippen molar-refractivity contribution in [3.05, 3.63) is 0 Å². The Morgan fingerprint density at radius 3 is 2.60 bits per heavy atom. The van der Waals surface area contributed by atoms with Crippen molar-refractivity contribution in [2.24, 2.45) is 11.8 Å². The van der Waals surface area contributed by atoms with Crippen molar-refractivity contribution in [1.82, 2.24) is 4.90 Å². The van der Waals surface area contributed by atoms with Gasteiger partial charge in [-0.15, -0.1) is 0 Å². The first-order valence-electron chi connectivity index (χ1n) is 7.86. The Kier molecular flexibility index (Phi) is 3.21. The smallest absolute Gasteiger partial charge is 0.409 e. The van der Waals surface area contributed by atoms with Crippen LogP contribution < -0.4 is 0 Å². The lowest BCUT2D eigenvalue weighted by Gasteiger charge is -2.48. The van der Waals surface area contributed by atoms with E-state index in [0.29, 0.717) is 23.9 Å². The summed E-state index contributed by atoms with van der Waals surface area (Å²) in [6, 6.07) is 0.653. The van der Waals surface area contributed by atoms with Gasteiger partial charge in [0.05, 0.1) is 12.7 Å². The van der Waals surface area contributed by atoms with Gasteiger partial charge in [0.1, 0.15) is 0 Å². The van der Waals surface area contributed by atoms with E-state index >= 15 is 0 Å². The molecule has 2 saturated heterocycles. The van der Waals surface area contributed by atoms with Gasteiger partial charge in [-0.3, -0.25) is 0 Å². The second-order valence-corrected chi connectivity index (χ2v) is 12.1. The average molecular weight is 297 g/mol. The van der Waals surface area contributed by atoms with Crippen LogP contribution in [0.25, 0.3) is 0 Å². The van der Waals surface area contributed by atoms with Gasteiger partial charge in [0, 0.05) is 18.0 Å². The predicted molar refractivity (Wildman–Crippen MR) is 80.1 cm³/mol. The quantitative estimate of drug-likeness (QED) is 0.735. The molecule has 5 atom stereocenters. The molecule has 1 aliphatic carbocycles. The zero-order valence-corrected chi connectivity index (χ0v) is 14.3. The van der Waals surface area contributed by atoms with Crippen molar-refractivity contribution >= 4 is 14.4 Å². The Hall–Kier alpha value is -0.553. The maximum absolute atomic E-state index is 12.1. The summed E-state index contributed by atoms with van der Waals surface area (Å²) in [4.78, 5) is 14.1. The van der Waals surface area contributed by atoms with Crippen molar-refractivity contribution < 1.29 is 14.0 Å². The number of rotatable bonds is 2. The van der Waals surface area contributed by atoms with Gasteiger partial charge < -0.3 is 14.1 Å². The fraction of sp³-hybridized carbons (Fsp3) is 0.933. The number of fused-ring (bicyclic) bond motifs is 4. The Balaban J connectivity index is 1.87. The van der Waals surface area contributed by atoms with Gasteiger partial charge in [0.25, 0.3) is 0 Å². The molecule has 4 nitrogen and oxygen atoms in total. The van der Waals surface area contributed by atoms with E-state index in [4.69, 9.17) is 9.16 Å². The molecule has 0 aromatic carbocycles. The van der Waals surface area contributed by atoms with Crippen LogP contribution in [0.5, 0.6) is 0 Å². The zero-order valence-electron chi connectivity index (χ0n) is 13.3. The van der Waals surface area contributed by atoms with Crippen molar-refractivity contribution in [2.75, 3.05) is 7.11 Å². The highest BCUT2D eigenvalue weighted by Gasteiger charge is 2.72. The molecule has 20 heavy (non-hydrogen) atoms. The third kappa shape index (κ3) is 2.01. The lowest BCUT2D eigenvalue weighted by atomic mass is 9.83. The molecule has 2 aliphatic heterocycles. The largest absolute Gasteiger partial charge is 0.453 e. The highest BCUT2D eigenvalue weighted by molar-refractivity contribution is 6.69. The van der Waals surface area contributed by atoms with Crippen molar-refractivity contribution in [1.29, 1.82) is 0 Å². The molecule has 0 aromatic heterocycles. The topological polar surface area (TPSA) is 38.8 Å². The van der Waals surface area contributed by atoms with Gasteiger partial charge in [-0.05, 0) is 51.2 Å². The Bertz CT molecular complexity index is 422. The van der Waals surface area contributed by atoms with Gasteiger partial charge in [0.2, 0.25) is 0 Å². The van der Waals surface area contributed by atoms with Gasteiger partial charge in [-0.25, -0.2) is 4.79 Å². The summed E-state index contributed by atoms with van der Waals surface area (Å²) >= 11 is 0. The van der Waals surface area contributed by atoms with E-state index in [1.165, 1.54) is 13.5 Å². The molecule has 5 heteroatoms. The lowest BCUT2D eigenvalue weighted by Crippen LogP contribution is -2.58. The van der Waals surface area contributed by atoms with Crippen LogP contribution in [-0.2, 0) is 9.16 Å². The number of ether oxygens (including phenoxy) is 1. The van der Waals surface area contributed by atoms with Crippen LogP contribution in [0.1, 0.15) is 32.6 Å². The van der Waals surface area contributed by atoms with Gasteiger partial charge in [-0.1, -0.05) is 6.92 Å². The number of amides is 1. The molecule has 0 unspecified atom stereocenters. The second kappa shape index (κ2) is 4.47. The summed E-state index contributed by atoms with van der Waals surface area (Å²) in [6.07, 6.45) is 4.31. The number of hydrogen-bond acceptors (Lipinski definition) is 3. The van der Waals surface area contributed by atoms with Crippen LogP contribution in [0.3, 0.4) is 0 Å². The summed E-state index contributed by atoms with van der Waals surface area (Å²) in [6.45, 7) is 9.12. The maximum Gasteiger partial charge on any atom is 0.409 e. The molecular weight excluding hydrogens is 270 g/mol. The first kappa shape index (κ1) is 14.4. The maximum atomic E-state index is 12.1. The minimum absolute atomic E-state index is 0.0603. The number of methoxy groups -OCH3 is 1. The first-order valence-corrected chi connectivity index (χ1v) is 11.3. The number of nitrogens with zero attached hydrogens (tertiary/aromatic N) is 1. The highest BCUT2D eigenvalue weighted by Crippen LogP contribution is 2.65. The van der Waals surface area contributed by atoms with Crippen LogP contribution in [0.15, 0.2) is 0 Å². The molecule has 2 heterocycles. The van der Waals surface area contributed by atoms with Crippen molar-refractivity contribution in [3.63, 3.8) is 0 Å². The molecule has 0 spiro atoms. The van der Waals surface area contributed by atoms with E-state index in [1.54, 1.807) is 0 Å². The number of hydrogen-bond donors (Lipinski definition) is 0. The Morgan fingerprint density at radius 2 is 2.00 bits per heavy atom. The summed E-state index contributed by atoms with van der Waals surface area (Å²) in [5.74, 6) is 1.10. The van der Waals surface area contributed by atoms with E-state index in [1.807, 2.05) is 4.90 Å². The van der Waals surface area contributed by atoms with E-state index in [2.05, 4.69) is 26.6 Å². The molecule has 0 radical (unpaired) electrons. The van der Waals surface area contributed by atoms with Gasteiger partial charge in [0.15, 0.2) is 8.32 Å². The minimum atomic E-state index is -1.56. The molecule has 3 aliphatic rings. The van der Waals surface area contributed by atoms with Crippen molar-refractivity contribution in [3.8, 4) is 0 Å². The van der Waals surface area contributed by atoms with E-state index in [0.717, 1.165) is 19.3 Å². The zero-order chi connectivity index (χ0) is 14.7. The van der Waals surface area contributed by atoms with Crippen LogP contribution in [0.4, 0.5) is 4.79 Å². The highest BCUT2D eigenvalue weighted by atomic mass is 28.4. The molecule has 3 rings (SSSR count). The van der Waals surface area contributed by atoms with E-state index in [-0.39, 0.29) is 11.7 Å². The molecule has 1 amide bonds. The van der Waals surface area contributed by atoms with E-state index in [9.17, 15) is 4.79 Å². The summed E-state index contributed by atoms with van der Waals surface area (Å²) in [5, 5.41) is 0. The lowest BCUT2D eigenvalue weighted by molar-refractivity contribution is -0.0200. The number of carbonyl (C=O) groups excluding carboxylic acids is 1. The summed E-state index contributed by atoms with van der Waals surface area (Å²) in [7, 11) is -0.0623. The van der Waals surface area contributed by atoms with Crippen LogP contribution in [0.2, 0.25) is 19.6 Å². The standard InChI is InChI=1S/C15H27NO3Si/c1-10-13-12-8-6-7-11(16(12)14(17)18-2)9-15(10,13)19-20(3,4)5/h10-13H,6-9H2,1-5H3/t10-,11-,12+,13+,15-/m0/s1. The fourth-order valence-corrected chi connectivity index (χ4v) is 6.36. The number of piperidine rings is 2. The predicted octanol–water partition coefficient (Wildman–Crippen LogP) is 3.24. The van der Waals surface area contributed by atoms with Crippen molar-refractivity contribution in [2.45, 2.75) is 69.9 Å². The fourth-order valence-electron chi connectivity index (χ4n) is 4.81. The summed E-state index contributed by atoms with van der Waals surface area (Å²) in [5.41, 5.74) is 0.0603. The van der Waals surface area contributed by atoms with Gasteiger partial charge >= 0.3 is 6.09 Å². The first-order chi connectivity index (χ1) is 9.30. The monoisotopic (exact) mass is 297 g/mol. The Labute approximate surface area is 122 Å². The van der Waals surface area contributed by atoms with Crippen LogP contribution >= 0.6 is 0 Å². The van der Waals surface area contributed by atoms with Gasteiger partial charge in [-0.2, -0.15) is 0 Å². The third-order valence-electron chi connectivity index (χ3n) is 5.40. The average Bonchev–Trinajstić information content (AvgIpc) is 2.88. The van der Waals surface area contributed by atoms with Crippen LogP contribution in [-0.4, -0.2) is 44.1 Å². The summed E-state index contributed by atoms with van der Waals surface area (Å²) < 4.78 is 11.6. The molecule has 2 bridgehead atoms. The molecule has 0 aromatic rings. The Morgan fingerprint density at radius 1 is 1.30 bits per heavy atom. The molecule has 114 valence electrons. The second-order valence-electron chi connectivity index (χ2n) is 7.72. The third-order valence-corrected chi connectivity index (χ3v) is 6.40. The normalized spacial score (nSPS) is 43.0. The molecule has 1 saturated carbocycles. The molecule has 0 N–H and O–H groups in total. The van der Waals surface area contributed by atoms with E-state index < -0.39 is 8.32 Å². The minimum Gasteiger partial charge on any atom is -0.453 e. The SMILES string of the molecule is COC(=O)N1[C@H]2CCC[C@@H]1[C@H]1[C@H](C)[C@@]1(O[Si](C)(C)C)C2. The molecule has 3 fully saturated rings. The van der Waals surface area contributed by atoms with Crippen LogP contribution in [0, 0.1) is 11.8 Å². The molecular formula is C15H27NO3Si.